The molecular formula is C22H25F4N3O3. The van der Waals surface area contributed by atoms with Crippen LogP contribution in [0.4, 0.5) is 17.6 Å². The Bertz CT molecular complexity index is 903. The van der Waals surface area contributed by atoms with Crippen molar-refractivity contribution in [1.82, 2.24) is 14.7 Å². The Balaban J connectivity index is 1.91. The molecule has 4 atom stereocenters. The minimum atomic E-state index is -4.55. The maximum absolute atomic E-state index is 14.5. The summed E-state index contributed by atoms with van der Waals surface area (Å²) in [5, 5.41) is 0. The Kier molecular flexibility index (Phi) is 6.61. The number of halogens is 4. The second kappa shape index (κ2) is 8.91. The number of benzene rings is 1. The molecule has 2 heterocycles. The SMILES string of the molecule is C=CC(CC)CN1CC2N(C(=O)c3ccc(C(F)(F)F)cc3)CC(F)C(=O)N2C(C)C1=O. The van der Waals surface area contributed by atoms with E-state index in [1.165, 1.54) is 11.8 Å². The molecule has 10 heteroatoms. The van der Waals surface area contributed by atoms with Gasteiger partial charge >= 0.3 is 6.18 Å². The van der Waals surface area contributed by atoms with Gasteiger partial charge in [0.15, 0.2) is 6.17 Å². The van der Waals surface area contributed by atoms with Crippen molar-refractivity contribution >= 4 is 17.7 Å². The summed E-state index contributed by atoms with van der Waals surface area (Å²) in [6.07, 6.45) is -5.04. The number of amides is 3. The van der Waals surface area contributed by atoms with Crippen LogP contribution in [0.15, 0.2) is 36.9 Å². The number of carbonyl (C=O) groups is 3. The molecule has 0 aromatic heterocycles. The first-order chi connectivity index (χ1) is 15.0. The molecule has 0 saturated carbocycles. The predicted molar refractivity (Wildman–Crippen MR) is 108 cm³/mol. The van der Waals surface area contributed by atoms with Crippen LogP contribution >= 0.6 is 0 Å². The van der Waals surface area contributed by atoms with Crippen LogP contribution in [0.5, 0.6) is 0 Å². The highest BCUT2D eigenvalue weighted by Crippen LogP contribution is 2.31. The normalized spacial score (nSPS) is 24.9. The fourth-order valence-electron chi connectivity index (χ4n) is 4.14. The number of nitrogens with zero attached hydrogens (tertiary/aromatic N) is 3. The van der Waals surface area contributed by atoms with E-state index < -0.39 is 48.5 Å². The maximum atomic E-state index is 14.5. The van der Waals surface area contributed by atoms with Gasteiger partial charge < -0.3 is 14.7 Å². The summed E-state index contributed by atoms with van der Waals surface area (Å²) < 4.78 is 53.1. The van der Waals surface area contributed by atoms with Crippen LogP contribution in [-0.4, -0.2) is 70.4 Å². The first-order valence-electron chi connectivity index (χ1n) is 10.3. The number of alkyl halides is 4. The van der Waals surface area contributed by atoms with E-state index >= 15 is 0 Å². The number of rotatable bonds is 5. The molecule has 32 heavy (non-hydrogen) atoms. The third-order valence-electron chi connectivity index (χ3n) is 6.06. The van der Waals surface area contributed by atoms with Gasteiger partial charge in [0.2, 0.25) is 5.91 Å². The molecule has 0 radical (unpaired) electrons. The second-order valence-electron chi connectivity index (χ2n) is 8.05. The molecule has 174 valence electrons. The zero-order chi connectivity index (χ0) is 23.8. The van der Waals surface area contributed by atoms with Crippen molar-refractivity contribution in [2.45, 2.75) is 44.8 Å². The van der Waals surface area contributed by atoms with Crippen molar-refractivity contribution in [3.8, 4) is 0 Å². The Morgan fingerprint density at radius 3 is 2.34 bits per heavy atom. The molecule has 3 rings (SSSR count). The van der Waals surface area contributed by atoms with Crippen molar-refractivity contribution in [1.29, 1.82) is 0 Å². The Morgan fingerprint density at radius 2 is 1.81 bits per heavy atom. The van der Waals surface area contributed by atoms with Gasteiger partial charge in [-0.25, -0.2) is 4.39 Å². The van der Waals surface area contributed by atoms with Gasteiger partial charge in [-0.05, 0) is 43.5 Å². The molecule has 4 unspecified atom stereocenters. The van der Waals surface area contributed by atoms with E-state index in [0.717, 1.165) is 40.5 Å². The molecular weight excluding hydrogens is 430 g/mol. The van der Waals surface area contributed by atoms with E-state index in [-0.39, 0.29) is 23.9 Å². The summed E-state index contributed by atoms with van der Waals surface area (Å²) in [6, 6.07) is 2.63. The van der Waals surface area contributed by atoms with Gasteiger partial charge in [0.25, 0.3) is 11.8 Å². The molecule has 1 aromatic rings. The third-order valence-corrected chi connectivity index (χ3v) is 6.06. The topological polar surface area (TPSA) is 60.9 Å². The largest absolute Gasteiger partial charge is 0.416 e. The van der Waals surface area contributed by atoms with Crippen molar-refractivity contribution in [2.24, 2.45) is 5.92 Å². The highest BCUT2D eigenvalue weighted by Gasteiger charge is 2.50. The van der Waals surface area contributed by atoms with E-state index in [0.29, 0.717) is 6.54 Å². The molecule has 6 nitrogen and oxygen atoms in total. The van der Waals surface area contributed by atoms with Gasteiger partial charge in [-0.1, -0.05) is 13.0 Å². The fourth-order valence-corrected chi connectivity index (χ4v) is 4.14. The van der Waals surface area contributed by atoms with Crippen LogP contribution in [0.25, 0.3) is 0 Å². The standard InChI is InChI=1S/C22H25F4N3O3/c1-4-14(5-2)10-27-12-18-28(11-17(23)21(32)29(18)13(3)19(27)30)20(31)15-6-8-16(9-7-15)22(24,25)26/h4,6-9,13-14,17-18H,1,5,10-12H2,2-3H3. The van der Waals surface area contributed by atoms with Crippen LogP contribution < -0.4 is 0 Å². The zero-order valence-corrected chi connectivity index (χ0v) is 17.8. The first-order valence-corrected chi connectivity index (χ1v) is 10.3. The number of fused-ring (bicyclic) bond motifs is 1. The molecule has 0 N–H and O–H groups in total. The number of hydrogen-bond donors (Lipinski definition) is 0. The average molecular weight is 455 g/mol. The monoisotopic (exact) mass is 455 g/mol. The highest BCUT2D eigenvalue weighted by atomic mass is 19.4. The van der Waals surface area contributed by atoms with Crippen LogP contribution in [0.2, 0.25) is 0 Å². The minimum absolute atomic E-state index is 0.00461. The quantitative estimate of drug-likeness (QED) is 0.507. The predicted octanol–water partition coefficient (Wildman–Crippen LogP) is 3.10. The van der Waals surface area contributed by atoms with Crippen molar-refractivity contribution in [2.75, 3.05) is 19.6 Å². The summed E-state index contributed by atoms with van der Waals surface area (Å²) in [7, 11) is 0. The molecule has 0 spiro atoms. The lowest BCUT2D eigenvalue weighted by Gasteiger charge is -2.52. The Morgan fingerprint density at radius 1 is 1.19 bits per heavy atom. The van der Waals surface area contributed by atoms with Crippen LogP contribution in [0, 0.1) is 5.92 Å². The molecule has 3 amide bonds. The van der Waals surface area contributed by atoms with Crippen LogP contribution in [0.1, 0.15) is 36.2 Å². The summed E-state index contributed by atoms with van der Waals surface area (Å²) >= 11 is 0. The molecule has 2 fully saturated rings. The molecule has 2 saturated heterocycles. The van der Waals surface area contributed by atoms with Crippen LogP contribution in [-0.2, 0) is 15.8 Å². The first kappa shape index (κ1) is 23.7. The Labute approximate surface area is 183 Å². The third kappa shape index (κ3) is 4.35. The van der Waals surface area contributed by atoms with Gasteiger partial charge in [0.1, 0.15) is 12.2 Å². The van der Waals surface area contributed by atoms with E-state index in [2.05, 4.69) is 6.58 Å². The lowest BCUT2D eigenvalue weighted by atomic mass is 10.00. The molecule has 2 aliphatic heterocycles. The maximum Gasteiger partial charge on any atom is 0.416 e. The van der Waals surface area contributed by atoms with Gasteiger partial charge in [-0.15, -0.1) is 6.58 Å². The van der Waals surface area contributed by atoms with Gasteiger partial charge in [-0.2, -0.15) is 13.2 Å². The number of carbonyl (C=O) groups excluding carboxylic acids is 3. The van der Waals surface area contributed by atoms with Gasteiger partial charge in [-0.3, -0.25) is 14.4 Å². The minimum Gasteiger partial charge on any atom is -0.336 e. The average Bonchev–Trinajstić information content (AvgIpc) is 2.76. The van der Waals surface area contributed by atoms with E-state index in [4.69, 9.17) is 0 Å². The van der Waals surface area contributed by atoms with Crippen LogP contribution in [0.3, 0.4) is 0 Å². The van der Waals surface area contributed by atoms with Gasteiger partial charge in [0, 0.05) is 12.1 Å². The van der Waals surface area contributed by atoms with E-state index in [1.54, 1.807) is 6.08 Å². The summed E-state index contributed by atoms with van der Waals surface area (Å²) in [5.41, 5.74) is -0.973. The van der Waals surface area contributed by atoms with Crippen molar-refractivity contribution in [3.63, 3.8) is 0 Å². The van der Waals surface area contributed by atoms with Gasteiger partial charge in [0.05, 0.1) is 18.7 Å². The fraction of sp³-hybridized carbons (Fsp3) is 0.500. The second-order valence-corrected chi connectivity index (χ2v) is 8.05. The van der Waals surface area contributed by atoms with Crippen molar-refractivity contribution < 1.29 is 31.9 Å². The summed E-state index contributed by atoms with van der Waals surface area (Å²) in [6.45, 7) is 6.96. The number of piperazine rings is 1. The molecule has 0 bridgehead atoms. The zero-order valence-electron chi connectivity index (χ0n) is 17.8. The molecule has 2 aliphatic rings. The lowest BCUT2D eigenvalue weighted by Crippen LogP contribution is -2.73. The molecule has 0 aliphatic carbocycles. The lowest BCUT2D eigenvalue weighted by molar-refractivity contribution is -0.171. The summed E-state index contributed by atoms with van der Waals surface area (Å²) in [5.74, 6) is -1.93. The Hall–Kier alpha value is -2.91. The number of hydrogen-bond acceptors (Lipinski definition) is 3. The molecule has 1 aromatic carbocycles. The highest BCUT2D eigenvalue weighted by molar-refractivity contribution is 5.97. The smallest absolute Gasteiger partial charge is 0.336 e. The van der Waals surface area contributed by atoms with Crippen molar-refractivity contribution in [3.05, 3.63) is 48.0 Å². The van der Waals surface area contributed by atoms with E-state index in [1.807, 2.05) is 6.92 Å². The van der Waals surface area contributed by atoms with E-state index in [9.17, 15) is 31.9 Å². The summed E-state index contributed by atoms with van der Waals surface area (Å²) in [4.78, 5) is 42.2.